The second kappa shape index (κ2) is 8.24. The highest BCUT2D eigenvalue weighted by Gasteiger charge is 2.30. The smallest absolute Gasteiger partial charge is 0.254 e. The Kier molecular flexibility index (Phi) is 5.51. The van der Waals surface area contributed by atoms with Crippen LogP contribution in [0.25, 0.3) is 11.0 Å². The first-order valence-corrected chi connectivity index (χ1v) is 12.0. The zero-order chi connectivity index (χ0) is 23.3. The Morgan fingerprint density at radius 3 is 2.67 bits per heavy atom. The number of oxazole rings is 1. The summed E-state index contributed by atoms with van der Waals surface area (Å²) in [6, 6.07) is 2.03. The summed E-state index contributed by atoms with van der Waals surface area (Å²) in [7, 11) is 1.91. The van der Waals surface area contributed by atoms with Crippen LogP contribution in [0.2, 0.25) is 0 Å². The van der Waals surface area contributed by atoms with E-state index in [0.29, 0.717) is 19.0 Å². The van der Waals surface area contributed by atoms with Crippen molar-refractivity contribution in [3.05, 3.63) is 40.9 Å². The molecule has 1 saturated carbocycles. The van der Waals surface area contributed by atoms with Crippen LogP contribution in [0.1, 0.15) is 79.3 Å². The van der Waals surface area contributed by atoms with Gasteiger partial charge in [0.25, 0.3) is 5.91 Å². The van der Waals surface area contributed by atoms with E-state index >= 15 is 0 Å². The predicted molar refractivity (Wildman–Crippen MR) is 126 cm³/mol. The Labute approximate surface area is 195 Å². The van der Waals surface area contributed by atoms with Crippen LogP contribution < -0.4 is 0 Å². The van der Waals surface area contributed by atoms with Crippen molar-refractivity contribution in [2.75, 3.05) is 26.2 Å². The van der Waals surface area contributed by atoms with Gasteiger partial charge in [-0.1, -0.05) is 20.8 Å². The van der Waals surface area contributed by atoms with Gasteiger partial charge < -0.3 is 9.32 Å². The average molecular weight is 451 g/mol. The standard InChI is InChI=1S/C25H34N6O2/c1-16-22-18(13-19(17-7-8-17)27-23(22)29(5)28-16)24(32)31-10-6-9-30(11-12-31)15-21-26-14-20(33-21)25(2,3)4/h13-14,17H,6-12,15H2,1-5H3. The van der Waals surface area contributed by atoms with E-state index in [0.717, 1.165) is 78.5 Å². The van der Waals surface area contributed by atoms with Crippen molar-refractivity contribution in [2.24, 2.45) is 7.05 Å². The molecule has 0 unspecified atom stereocenters. The Morgan fingerprint density at radius 1 is 1.18 bits per heavy atom. The molecule has 3 aromatic rings. The lowest BCUT2D eigenvalue weighted by molar-refractivity contribution is 0.0762. The molecule has 33 heavy (non-hydrogen) atoms. The van der Waals surface area contributed by atoms with Crippen LogP contribution in [-0.4, -0.2) is 61.6 Å². The number of hydrogen-bond donors (Lipinski definition) is 0. The maximum atomic E-state index is 13.7. The first kappa shape index (κ1) is 22.1. The number of rotatable bonds is 4. The van der Waals surface area contributed by atoms with E-state index < -0.39 is 0 Å². The number of pyridine rings is 1. The van der Waals surface area contributed by atoms with Crippen molar-refractivity contribution in [1.29, 1.82) is 0 Å². The van der Waals surface area contributed by atoms with E-state index in [1.165, 1.54) is 0 Å². The molecule has 0 radical (unpaired) electrons. The number of fused-ring (bicyclic) bond motifs is 1. The third kappa shape index (κ3) is 4.40. The van der Waals surface area contributed by atoms with E-state index in [2.05, 4.69) is 35.8 Å². The molecule has 0 N–H and O–H groups in total. The molecule has 4 heterocycles. The van der Waals surface area contributed by atoms with Crippen molar-refractivity contribution in [3.8, 4) is 0 Å². The fraction of sp³-hybridized carbons (Fsp3) is 0.600. The van der Waals surface area contributed by atoms with Crippen LogP contribution in [0.3, 0.4) is 0 Å². The third-order valence-electron chi connectivity index (χ3n) is 6.74. The molecule has 5 rings (SSSR count). The summed E-state index contributed by atoms with van der Waals surface area (Å²) in [5.41, 5.74) is 3.41. The summed E-state index contributed by atoms with van der Waals surface area (Å²) in [6.07, 6.45) is 5.07. The number of amides is 1. The monoisotopic (exact) mass is 450 g/mol. The molecule has 8 nitrogen and oxygen atoms in total. The topological polar surface area (TPSA) is 80.3 Å². The molecule has 0 aromatic carbocycles. The minimum atomic E-state index is -0.0487. The highest BCUT2D eigenvalue weighted by atomic mass is 16.4. The van der Waals surface area contributed by atoms with Gasteiger partial charge in [0.05, 0.1) is 29.4 Å². The molecule has 8 heteroatoms. The number of aromatic nitrogens is 4. The Morgan fingerprint density at radius 2 is 1.97 bits per heavy atom. The van der Waals surface area contributed by atoms with Gasteiger partial charge in [0, 0.05) is 50.3 Å². The molecule has 1 amide bonds. The Hall–Kier alpha value is -2.74. The summed E-state index contributed by atoms with van der Waals surface area (Å²) >= 11 is 0. The second-order valence-electron chi connectivity index (χ2n) is 10.6. The largest absolute Gasteiger partial charge is 0.444 e. The Balaban J connectivity index is 1.33. The number of hydrogen-bond acceptors (Lipinski definition) is 6. The minimum absolute atomic E-state index is 0.0487. The molecule has 2 aliphatic rings. The molecule has 0 atom stereocenters. The van der Waals surface area contributed by atoms with E-state index in [1.807, 2.05) is 31.1 Å². The zero-order valence-electron chi connectivity index (χ0n) is 20.4. The summed E-state index contributed by atoms with van der Waals surface area (Å²) in [5, 5.41) is 5.44. The molecule has 1 saturated heterocycles. The van der Waals surface area contributed by atoms with E-state index in [9.17, 15) is 4.79 Å². The van der Waals surface area contributed by atoms with Crippen LogP contribution in [0.15, 0.2) is 16.7 Å². The maximum absolute atomic E-state index is 13.7. The fourth-order valence-corrected chi connectivity index (χ4v) is 4.64. The lowest BCUT2D eigenvalue weighted by Gasteiger charge is -2.22. The van der Waals surface area contributed by atoms with E-state index in [-0.39, 0.29) is 11.3 Å². The van der Waals surface area contributed by atoms with E-state index in [4.69, 9.17) is 9.40 Å². The van der Waals surface area contributed by atoms with E-state index in [1.54, 1.807) is 4.68 Å². The first-order valence-electron chi connectivity index (χ1n) is 12.0. The molecule has 3 aromatic heterocycles. The zero-order valence-corrected chi connectivity index (χ0v) is 20.4. The molecule has 1 aliphatic heterocycles. The number of aryl methyl sites for hydroxylation is 2. The molecular formula is C25H34N6O2. The SMILES string of the molecule is Cc1nn(C)c2nc(C3CC3)cc(C(=O)N3CCCN(Cc4ncc(C(C)(C)C)o4)CC3)c12. The van der Waals surface area contributed by atoms with Crippen LogP contribution in [-0.2, 0) is 19.0 Å². The summed E-state index contributed by atoms with van der Waals surface area (Å²) in [5.74, 6) is 2.22. The highest BCUT2D eigenvalue weighted by Crippen LogP contribution is 2.40. The number of carbonyl (C=O) groups is 1. The summed E-state index contributed by atoms with van der Waals surface area (Å²) < 4.78 is 7.80. The van der Waals surface area contributed by atoms with Crippen LogP contribution in [0.4, 0.5) is 0 Å². The van der Waals surface area contributed by atoms with Gasteiger partial charge in [-0.2, -0.15) is 5.10 Å². The quantitative estimate of drug-likeness (QED) is 0.602. The lowest BCUT2D eigenvalue weighted by atomic mass is 9.94. The molecule has 1 aliphatic carbocycles. The van der Waals surface area contributed by atoms with Crippen molar-refractivity contribution in [1.82, 2.24) is 29.5 Å². The first-order chi connectivity index (χ1) is 15.7. The summed E-state index contributed by atoms with van der Waals surface area (Å²) in [6.45, 7) is 12.2. The second-order valence-corrected chi connectivity index (χ2v) is 10.6. The van der Waals surface area contributed by atoms with Crippen molar-refractivity contribution < 1.29 is 9.21 Å². The van der Waals surface area contributed by atoms with Gasteiger partial charge in [0.15, 0.2) is 5.65 Å². The molecular weight excluding hydrogens is 416 g/mol. The van der Waals surface area contributed by atoms with Crippen LogP contribution in [0.5, 0.6) is 0 Å². The van der Waals surface area contributed by atoms with Crippen LogP contribution >= 0.6 is 0 Å². The van der Waals surface area contributed by atoms with Gasteiger partial charge in [-0.25, -0.2) is 9.97 Å². The van der Waals surface area contributed by atoms with Gasteiger partial charge in [0.2, 0.25) is 5.89 Å². The Bertz CT molecular complexity index is 1180. The van der Waals surface area contributed by atoms with Gasteiger partial charge in [-0.05, 0) is 32.3 Å². The van der Waals surface area contributed by atoms with Crippen LogP contribution in [0, 0.1) is 6.92 Å². The fourth-order valence-electron chi connectivity index (χ4n) is 4.64. The minimum Gasteiger partial charge on any atom is -0.444 e. The molecule has 176 valence electrons. The van der Waals surface area contributed by atoms with Crippen molar-refractivity contribution in [3.63, 3.8) is 0 Å². The normalized spacial score (nSPS) is 18.2. The summed E-state index contributed by atoms with van der Waals surface area (Å²) in [4.78, 5) is 27.4. The molecule has 0 bridgehead atoms. The predicted octanol–water partition coefficient (Wildman–Crippen LogP) is 3.79. The van der Waals surface area contributed by atoms with Gasteiger partial charge in [-0.3, -0.25) is 14.4 Å². The number of carbonyl (C=O) groups excluding carboxylic acids is 1. The lowest BCUT2D eigenvalue weighted by Crippen LogP contribution is -2.35. The van der Waals surface area contributed by atoms with Crippen molar-refractivity contribution >= 4 is 16.9 Å². The maximum Gasteiger partial charge on any atom is 0.254 e. The average Bonchev–Trinajstić information content (AvgIpc) is 3.49. The third-order valence-corrected chi connectivity index (χ3v) is 6.74. The molecule has 2 fully saturated rings. The highest BCUT2D eigenvalue weighted by molar-refractivity contribution is 6.06. The van der Waals surface area contributed by atoms with Gasteiger partial charge in [-0.15, -0.1) is 0 Å². The molecule has 0 spiro atoms. The van der Waals surface area contributed by atoms with Crippen molar-refractivity contribution in [2.45, 2.75) is 64.8 Å². The van der Waals surface area contributed by atoms with Gasteiger partial charge in [0.1, 0.15) is 5.76 Å². The van der Waals surface area contributed by atoms with Gasteiger partial charge >= 0.3 is 0 Å². The number of nitrogens with zero attached hydrogens (tertiary/aromatic N) is 6.